The molecule has 1 aliphatic carbocycles. The van der Waals surface area contributed by atoms with E-state index in [1.54, 1.807) is 11.3 Å². The van der Waals surface area contributed by atoms with E-state index in [1.165, 1.54) is 16.9 Å². The summed E-state index contributed by atoms with van der Waals surface area (Å²) in [5.41, 5.74) is 8.47. The molecular formula is C14H19N5OS. The number of thiophene rings is 1. The Morgan fingerprint density at radius 2 is 2.00 bits per heavy atom. The van der Waals surface area contributed by atoms with Gasteiger partial charge >= 0.3 is 0 Å². The van der Waals surface area contributed by atoms with Crippen molar-refractivity contribution in [1.82, 2.24) is 15.0 Å². The molecule has 4 rings (SSSR count). The molecule has 0 aromatic carbocycles. The maximum atomic E-state index is 6.16. The molecule has 1 fully saturated rings. The van der Waals surface area contributed by atoms with Gasteiger partial charge in [0.2, 0.25) is 0 Å². The van der Waals surface area contributed by atoms with Crippen molar-refractivity contribution in [2.24, 2.45) is 0 Å². The molecule has 7 heteroatoms. The summed E-state index contributed by atoms with van der Waals surface area (Å²) in [5, 5.41) is 4.97. The van der Waals surface area contributed by atoms with Gasteiger partial charge in [-0.2, -0.15) is 4.98 Å². The van der Waals surface area contributed by atoms with Crippen LogP contribution >= 0.6 is 11.3 Å². The lowest BCUT2D eigenvalue weighted by Crippen LogP contribution is -2.44. The summed E-state index contributed by atoms with van der Waals surface area (Å²) in [6, 6.07) is 0. The van der Waals surface area contributed by atoms with Crippen LogP contribution in [0.2, 0.25) is 0 Å². The molecule has 6 nitrogen and oxygen atoms in total. The van der Waals surface area contributed by atoms with Gasteiger partial charge in [-0.15, -0.1) is 11.3 Å². The molecule has 0 bridgehead atoms. The quantitative estimate of drug-likeness (QED) is 0.909. The summed E-state index contributed by atoms with van der Waals surface area (Å²) < 4.78 is 5.51. The van der Waals surface area contributed by atoms with Crippen molar-refractivity contribution in [2.75, 3.05) is 43.9 Å². The molecule has 21 heavy (non-hydrogen) atoms. The zero-order valence-corrected chi connectivity index (χ0v) is 12.9. The standard InChI is InChI=1S/C14H19N5OS/c1-18-5-7-19(8-6-18)14-16-13(20-17-14)11-9-3-2-4-10(9)21-12(11)15/h2-8,15H2,1H3. The molecule has 0 spiro atoms. The van der Waals surface area contributed by atoms with Gasteiger partial charge < -0.3 is 20.1 Å². The average molecular weight is 305 g/mol. The molecule has 1 saturated heterocycles. The Balaban J connectivity index is 1.63. The molecule has 0 amide bonds. The van der Waals surface area contributed by atoms with E-state index in [1.807, 2.05) is 0 Å². The van der Waals surface area contributed by atoms with Crippen LogP contribution in [0, 0.1) is 0 Å². The highest BCUT2D eigenvalue weighted by molar-refractivity contribution is 7.16. The van der Waals surface area contributed by atoms with Gasteiger partial charge in [-0.25, -0.2) is 0 Å². The molecule has 2 aliphatic rings. The molecule has 0 saturated carbocycles. The van der Waals surface area contributed by atoms with E-state index in [-0.39, 0.29) is 0 Å². The van der Waals surface area contributed by atoms with Gasteiger partial charge in [0, 0.05) is 31.1 Å². The Kier molecular flexibility index (Phi) is 3.11. The first-order valence-electron chi connectivity index (χ1n) is 7.40. The Bertz CT molecular complexity index is 656. The number of hydrogen-bond donors (Lipinski definition) is 1. The minimum absolute atomic E-state index is 0.584. The first-order chi connectivity index (χ1) is 10.2. The van der Waals surface area contributed by atoms with Crippen LogP contribution in [-0.2, 0) is 12.8 Å². The van der Waals surface area contributed by atoms with Crippen molar-refractivity contribution in [3.05, 3.63) is 10.4 Å². The lowest BCUT2D eigenvalue weighted by atomic mass is 10.1. The third-order valence-corrected chi connectivity index (χ3v) is 5.48. The number of piperazine rings is 1. The van der Waals surface area contributed by atoms with E-state index in [4.69, 9.17) is 10.3 Å². The van der Waals surface area contributed by atoms with Crippen molar-refractivity contribution < 1.29 is 4.52 Å². The molecule has 0 atom stereocenters. The number of nitrogen functional groups attached to an aromatic ring is 1. The van der Waals surface area contributed by atoms with Crippen LogP contribution in [0.25, 0.3) is 11.5 Å². The molecular weight excluding hydrogens is 286 g/mol. The third kappa shape index (κ3) is 2.20. The summed E-state index contributed by atoms with van der Waals surface area (Å²) in [5.74, 6) is 1.27. The van der Waals surface area contributed by atoms with E-state index in [9.17, 15) is 0 Å². The number of aromatic nitrogens is 2. The molecule has 112 valence electrons. The Hall–Kier alpha value is -1.60. The van der Waals surface area contributed by atoms with Crippen LogP contribution in [0.4, 0.5) is 10.9 Å². The number of fused-ring (bicyclic) bond motifs is 1. The first kappa shape index (κ1) is 13.1. The predicted molar refractivity (Wildman–Crippen MR) is 83.8 cm³/mol. The molecule has 2 aromatic rings. The Morgan fingerprint density at radius 1 is 1.19 bits per heavy atom. The lowest BCUT2D eigenvalue weighted by molar-refractivity contribution is 0.309. The van der Waals surface area contributed by atoms with Crippen molar-refractivity contribution in [3.63, 3.8) is 0 Å². The fourth-order valence-corrected chi connectivity index (χ4v) is 4.26. The van der Waals surface area contributed by atoms with E-state index < -0.39 is 0 Å². The highest BCUT2D eigenvalue weighted by Crippen LogP contribution is 2.43. The lowest BCUT2D eigenvalue weighted by Gasteiger charge is -2.31. The summed E-state index contributed by atoms with van der Waals surface area (Å²) in [6.07, 6.45) is 3.40. The van der Waals surface area contributed by atoms with Crippen LogP contribution in [0.3, 0.4) is 0 Å². The molecule has 3 heterocycles. The number of hydrogen-bond acceptors (Lipinski definition) is 7. The summed E-state index contributed by atoms with van der Waals surface area (Å²) in [4.78, 5) is 10.5. The Morgan fingerprint density at radius 3 is 2.81 bits per heavy atom. The molecule has 0 unspecified atom stereocenters. The van der Waals surface area contributed by atoms with Crippen molar-refractivity contribution in [2.45, 2.75) is 19.3 Å². The second-order valence-corrected chi connectivity index (χ2v) is 6.92. The number of nitrogens with two attached hydrogens (primary N) is 1. The number of aryl methyl sites for hydroxylation is 1. The van der Waals surface area contributed by atoms with Crippen molar-refractivity contribution in [1.29, 1.82) is 0 Å². The SMILES string of the molecule is CN1CCN(c2noc(-c3c(N)sc4c3CCC4)n2)CC1. The predicted octanol–water partition coefficient (Wildman–Crippen LogP) is 1.62. The minimum Gasteiger partial charge on any atom is -0.390 e. The Labute approximate surface area is 127 Å². The average Bonchev–Trinajstić information content (AvgIpc) is 3.15. The van der Waals surface area contributed by atoms with Gasteiger partial charge in [0.25, 0.3) is 11.8 Å². The second-order valence-electron chi connectivity index (χ2n) is 5.79. The summed E-state index contributed by atoms with van der Waals surface area (Å²) in [6.45, 7) is 3.93. The maximum Gasteiger partial charge on any atom is 0.266 e. The van der Waals surface area contributed by atoms with E-state index >= 15 is 0 Å². The second kappa shape index (κ2) is 4.99. The normalized spacial score (nSPS) is 19.2. The highest BCUT2D eigenvalue weighted by Gasteiger charge is 2.27. The van der Waals surface area contributed by atoms with Gasteiger partial charge in [0.05, 0.1) is 10.6 Å². The molecule has 2 aromatic heterocycles. The number of likely N-dealkylation sites (N-methyl/N-ethyl adjacent to an activating group) is 1. The van der Waals surface area contributed by atoms with Gasteiger partial charge in [-0.3, -0.25) is 0 Å². The van der Waals surface area contributed by atoms with Gasteiger partial charge in [0.1, 0.15) is 0 Å². The smallest absolute Gasteiger partial charge is 0.266 e. The topological polar surface area (TPSA) is 71.4 Å². The van der Waals surface area contributed by atoms with Crippen LogP contribution in [-0.4, -0.2) is 48.3 Å². The van der Waals surface area contributed by atoms with Gasteiger partial charge in [-0.05, 0) is 37.0 Å². The summed E-state index contributed by atoms with van der Waals surface area (Å²) >= 11 is 1.67. The number of nitrogens with zero attached hydrogens (tertiary/aromatic N) is 4. The number of rotatable bonds is 2. The van der Waals surface area contributed by atoms with Crippen LogP contribution in [0.5, 0.6) is 0 Å². The molecule has 1 aliphatic heterocycles. The van der Waals surface area contributed by atoms with Gasteiger partial charge in [-0.1, -0.05) is 0 Å². The van der Waals surface area contributed by atoms with Gasteiger partial charge in [0.15, 0.2) is 0 Å². The molecule has 0 radical (unpaired) electrons. The highest BCUT2D eigenvalue weighted by atomic mass is 32.1. The fraction of sp³-hybridized carbons (Fsp3) is 0.571. The monoisotopic (exact) mass is 305 g/mol. The number of anilines is 2. The van der Waals surface area contributed by atoms with Crippen molar-refractivity contribution >= 4 is 22.3 Å². The first-order valence-corrected chi connectivity index (χ1v) is 8.21. The van der Waals surface area contributed by atoms with E-state index in [0.717, 1.165) is 49.6 Å². The molecule has 2 N–H and O–H groups in total. The van der Waals surface area contributed by atoms with E-state index in [2.05, 4.69) is 27.0 Å². The third-order valence-electron chi connectivity index (χ3n) is 4.36. The van der Waals surface area contributed by atoms with Crippen LogP contribution in [0.15, 0.2) is 4.52 Å². The zero-order valence-electron chi connectivity index (χ0n) is 12.1. The summed E-state index contributed by atoms with van der Waals surface area (Å²) in [7, 11) is 2.13. The maximum absolute atomic E-state index is 6.16. The fourth-order valence-electron chi connectivity index (χ4n) is 3.11. The van der Waals surface area contributed by atoms with E-state index in [0.29, 0.717) is 11.8 Å². The minimum atomic E-state index is 0.584. The van der Waals surface area contributed by atoms with Crippen LogP contribution < -0.4 is 10.6 Å². The zero-order chi connectivity index (χ0) is 14.4. The largest absolute Gasteiger partial charge is 0.390 e. The van der Waals surface area contributed by atoms with Crippen LogP contribution in [0.1, 0.15) is 16.9 Å². The van der Waals surface area contributed by atoms with Crippen molar-refractivity contribution in [3.8, 4) is 11.5 Å².